The molecule has 17 heavy (non-hydrogen) atoms. The van der Waals surface area contributed by atoms with Crippen molar-refractivity contribution in [3.63, 3.8) is 0 Å². The van der Waals surface area contributed by atoms with Gasteiger partial charge in [0.2, 0.25) is 0 Å². The lowest BCUT2D eigenvalue weighted by molar-refractivity contribution is 1.03. The van der Waals surface area contributed by atoms with E-state index in [0.29, 0.717) is 4.77 Å². The predicted molar refractivity (Wildman–Crippen MR) is 76.2 cm³/mol. The first-order chi connectivity index (χ1) is 8.31. The Hall–Kier alpha value is -1.31. The molecule has 0 amide bonds. The van der Waals surface area contributed by atoms with Crippen LogP contribution in [0, 0.1) is 16.6 Å². The lowest BCUT2D eigenvalue weighted by atomic mass is 10.2. The zero-order chi connectivity index (χ0) is 12.1. The quantitative estimate of drug-likeness (QED) is 0.510. The average molecular weight is 307 g/mol. The van der Waals surface area contributed by atoms with E-state index in [0.717, 1.165) is 23.0 Å². The van der Waals surface area contributed by atoms with Crippen LogP contribution in [0.5, 0.6) is 0 Å². The third-order valence-electron chi connectivity index (χ3n) is 2.25. The van der Waals surface area contributed by atoms with E-state index in [-0.39, 0.29) is 0 Å². The third kappa shape index (κ3) is 3.09. The number of hydrogen-bond acceptors (Lipinski definition) is 1. The zero-order valence-corrected chi connectivity index (χ0v) is 11.5. The van der Waals surface area contributed by atoms with Gasteiger partial charge in [-0.15, -0.1) is 0 Å². The molecule has 0 aliphatic rings. The van der Waals surface area contributed by atoms with Crippen LogP contribution in [0.25, 0.3) is 5.69 Å². The molecule has 0 spiro atoms. The molecule has 0 radical (unpaired) electrons. The average Bonchev–Trinajstić information content (AvgIpc) is 2.77. The van der Waals surface area contributed by atoms with Crippen molar-refractivity contribution in [2.24, 2.45) is 0 Å². The number of halogens is 1. The van der Waals surface area contributed by atoms with Crippen molar-refractivity contribution >= 4 is 28.1 Å². The molecular weight excluding hydrogens is 296 g/mol. The lowest BCUT2D eigenvalue weighted by Gasteiger charge is -2.01. The first-order valence-corrected chi connectivity index (χ1v) is 6.75. The van der Waals surface area contributed by atoms with E-state index >= 15 is 0 Å². The van der Waals surface area contributed by atoms with Crippen molar-refractivity contribution in [1.29, 1.82) is 0 Å². The monoisotopic (exact) mass is 306 g/mol. The maximum Gasteiger partial charge on any atom is 0.181 e. The Balaban J connectivity index is 2.23. The molecule has 0 bridgehead atoms. The topological polar surface area (TPSA) is 20.7 Å². The van der Waals surface area contributed by atoms with Crippen molar-refractivity contribution in [1.82, 2.24) is 9.55 Å². The van der Waals surface area contributed by atoms with Crippen LogP contribution in [0.15, 0.2) is 36.7 Å². The van der Waals surface area contributed by atoms with E-state index in [9.17, 15) is 0 Å². The van der Waals surface area contributed by atoms with E-state index in [4.69, 9.17) is 12.2 Å². The number of rotatable bonds is 2. The Morgan fingerprint density at radius 2 is 2.06 bits per heavy atom. The number of alkyl halides is 1. The minimum absolute atomic E-state index is 0.697. The summed E-state index contributed by atoms with van der Waals surface area (Å²) in [5.74, 6) is 6.20. The maximum atomic E-state index is 5.16. The SMILES string of the molecule is S=c1[nH]ccn1-c1ccc(C#CCCBr)cc1. The van der Waals surface area contributed by atoms with Gasteiger partial charge in [-0.05, 0) is 36.5 Å². The summed E-state index contributed by atoms with van der Waals surface area (Å²) in [6.45, 7) is 0. The van der Waals surface area contributed by atoms with Crippen LogP contribution in [0.4, 0.5) is 0 Å². The molecule has 0 saturated heterocycles. The summed E-state index contributed by atoms with van der Waals surface area (Å²) in [6.07, 6.45) is 4.60. The minimum atomic E-state index is 0.697. The number of aromatic nitrogens is 2. The zero-order valence-electron chi connectivity index (χ0n) is 9.11. The smallest absolute Gasteiger partial charge is 0.181 e. The minimum Gasteiger partial charge on any atom is -0.337 e. The molecule has 1 heterocycles. The highest BCUT2D eigenvalue weighted by atomic mass is 79.9. The Bertz CT molecular complexity index is 599. The number of benzene rings is 1. The van der Waals surface area contributed by atoms with Crippen LogP contribution in [-0.2, 0) is 0 Å². The van der Waals surface area contributed by atoms with E-state index in [1.54, 1.807) is 0 Å². The molecule has 2 nitrogen and oxygen atoms in total. The van der Waals surface area contributed by atoms with Gasteiger partial charge >= 0.3 is 0 Å². The third-order valence-corrected chi connectivity index (χ3v) is 2.96. The summed E-state index contributed by atoms with van der Waals surface area (Å²) >= 11 is 8.51. The van der Waals surface area contributed by atoms with Crippen molar-refractivity contribution < 1.29 is 0 Å². The second kappa shape index (κ2) is 5.85. The van der Waals surface area contributed by atoms with Gasteiger partial charge < -0.3 is 4.98 Å². The first kappa shape index (κ1) is 12.2. The van der Waals surface area contributed by atoms with E-state index < -0.39 is 0 Å². The van der Waals surface area contributed by atoms with Crippen molar-refractivity contribution in [3.8, 4) is 17.5 Å². The Kier molecular flexibility index (Phi) is 4.18. The van der Waals surface area contributed by atoms with Gasteiger partial charge in [0.25, 0.3) is 0 Å². The largest absolute Gasteiger partial charge is 0.337 e. The standard InChI is InChI=1S/C13H11BrN2S/c14-8-2-1-3-11-4-6-12(7-5-11)16-10-9-15-13(16)17/h4-7,9-10H,2,8H2,(H,15,17). The number of aromatic amines is 1. The van der Waals surface area contributed by atoms with Crippen molar-refractivity contribution in [2.45, 2.75) is 6.42 Å². The fourth-order valence-electron chi connectivity index (χ4n) is 1.44. The molecular formula is C13H11BrN2S. The van der Waals surface area contributed by atoms with Crippen LogP contribution < -0.4 is 0 Å². The summed E-state index contributed by atoms with van der Waals surface area (Å²) in [5, 5.41) is 0.913. The van der Waals surface area contributed by atoms with Gasteiger partial charge in [0.15, 0.2) is 4.77 Å². The molecule has 1 aromatic heterocycles. The summed E-state index contributed by atoms with van der Waals surface area (Å²) in [7, 11) is 0. The number of hydrogen-bond donors (Lipinski definition) is 1. The van der Waals surface area contributed by atoms with Gasteiger partial charge in [-0.2, -0.15) is 0 Å². The normalized spacial score (nSPS) is 9.71. The van der Waals surface area contributed by atoms with Crippen molar-refractivity contribution in [3.05, 3.63) is 47.0 Å². The summed E-state index contributed by atoms with van der Waals surface area (Å²) in [4.78, 5) is 2.97. The maximum absolute atomic E-state index is 5.16. The van der Waals surface area contributed by atoms with Crippen LogP contribution >= 0.6 is 28.1 Å². The van der Waals surface area contributed by atoms with Gasteiger partial charge in [0, 0.05) is 35.4 Å². The Labute approximate surface area is 114 Å². The first-order valence-electron chi connectivity index (χ1n) is 5.22. The number of imidazole rings is 1. The molecule has 1 aromatic carbocycles. The summed E-state index contributed by atoms with van der Waals surface area (Å²) < 4.78 is 2.62. The Morgan fingerprint density at radius 1 is 1.29 bits per heavy atom. The fourth-order valence-corrected chi connectivity index (χ4v) is 1.87. The molecule has 0 aliphatic carbocycles. The molecule has 2 aromatic rings. The van der Waals surface area contributed by atoms with Crippen molar-refractivity contribution in [2.75, 3.05) is 5.33 Å². The highest BCUT2D eigenvalue weighted by molar-refractivity contribution is 9.09. The molecule has 0 unspecified atom stereocenters. The van der Waals surface area contributed by atoms with Crippen LogP contribution in [0.3, 0.4) is 0 Å². The van der Waals surface area contributed by atoms with Crippen LogP contribution in [0.2, 0.25) is 0 Å². The summed E-state index contributed by atoms with van der Waals surface area (Å²) in [6, 6.07) is 8.04. The second-order valence-corrected chi connectivity index (χ2v) is 4.60. The van der Waals surface area contributed by atoms with Gasteiger partial charge in [-0.3, -0.25) is 4.57 Å². The van der Waals surface area contributed by atoms with Gasteiger partial charge in [-0.1, -0.05) is 27.8 Å². The number of H-pyrrole nitrogens is 1. The van der Waals surface area contributed by atoms with Gasteiger partial charge in [0.05, 0.1) is 0 Å². The Morgan fingerprint density at radius 3 is 2.65 bits per heavy atom. The molecule has 0 atom stereocenters. The highest BCUT2D eigenvalue weighted by Crippen LogP contribution is 2.09. The molecule has 4 heteroatoms. The predicted octanol–water partition coefficient (Wildman–Crippen LogP) is 3.67. The molecule has 0 saturated carbocycles. The lowest BCUT2D eigenvalue weighted by Crippen LogP contribution is -1.91. The number of nitrogens with one attached hydrogen (secondary N) is 1. The summed E-state index contributed by atoms with van der Waals surface area (Å²) in [5.41, 5.74) is 2.07. The molecule has 0 fully saturated rings. The highest BCUT2D eigenvalue weighted by Gasteiger charge is 1.96. The van der Waals surface area contributed by atoms with Gasteiger partial charge in [-0.25, -0.2) is 0 Å². The van der Waals surface area contributed by atoms with Crippen LogP contribution in [-0.4, -0.2) is 14.9 Å². The van der Waals surface area contributed by atoms with Gasteiger partial charge in [0.1, 0.15) is 0 Å². The number of nitrogens with zero attached hydrogens (tertiary/aromatic N) is 1. The van der Waals surface area contributed by atoms with E-state index in [1.807, 2.05) is 41.2 Å². The van der Waals surface area contributed by atoms with Crippen LogP contribution in [0.1, 0.15) is 12.0 Å². The molecule has 0 aliphatic heterocycles. The molecule has 1 N–H and O–H groups in total. The van der Waals surface area contributed by atoms with E-state index in [2.05, 4.69) is 32.8 Å². The molecule has 2 rings (SSSR count). The fraction of sp³-hybridized carbons (Fsp3) is 0.154. The molecule has 86 valence electrons. The second-order valence-electron chi connectivity index (χ2n) is 3.42. The van der Waals surface area contributed by atoms with E-state index in [1.165, 1.54) is 0 Å².